The SMILES string of the molecule is N#CN1CCC[C@@H](n2nc(-c3ccc(Cc4cccc(F)c4)cc3)c(C(N)=O)c2N)C1. The lowest BCUT2D eigenvalue weighted by Gasteiger charge is -2.29. The van der Waals surface area contributed by atoms with E-state index in [1.54, 1.807) is 15.6 Å². The molecule has 0 unspecified atom stereocenters. The second kappa shape index (κ2) is 8.48. The maximum absolute atomic E-state index is 13.4. The number of anilines is 1. The van der Waals surface area contributed by atoms with Gasteiger partial charge in [-0.1, -0.05) is 36.4 Å². The Balaban J connectivity index is 1.64. The number of likely N-dealkylation sites (tertiary alicyclic amines) is 1. The number of piperidine rings is 1. The molecule has 4 N–H and O–H groups in total. The molecule has 1 fully saturated rings. The number of amides is 1. The number of primary amides is 1. The number of rotatable bonds is 5. The van der Waals surface area contributed by atoms with Crippen molar-refractivity contribution in [3.8, 4) is 17.5 Å². The van der Waals surface area contributed by atoms with Crippen molar-refractivity contribution in [1.82, 2.24) is 14.7 Å². The monoisotopic (exact) mass is 418 g/mol. The molecule has 1 amide bonds. The van der Waals surface area contributed by atoms with Crippen LogP contribution in [-0.4, -0.2) is 33.7 Å². The highest BCUT2D eigenvalue weighted by molar-refractivity contribution is 6.03. The highest BCUT2D eigenvalue weighted by Gasteiger charge is 2.28. The van der Waals surface area contributed by atoms with Gasteiger partial charge in [0.25, 0.3) is 5.91 Å². The number of nitriles is 1. The zero-order valence-corrected chi connectivity index (χ0v) is 17.0. The van der Waals surface area contributed by atoms with E-state index in [9.17, 15) is 14.4 Å². The summed E-state index contributed by atoms with van der Waals surface area (Å²) in [6.45, 7) is 1.20. The number of halogens is 1. The highest BCUT2D eigenvalue weighted by Crippen LogP contribution is 2.32. The van der Waals surface area contributed by atoms with E-state index < -0.39 is 5.91 Å². The number of nitrogen functional groups attached to an aromatic ring is 1. The molecule has 158 valence electrons. The molecule has 0 saturated carbocycles. The van der Waals surface area contributed by atoms with Crippen molar-refractivity contribution in [2.24, 2.45) is 5.73 Å². The molecule has 2 aromatic carbocycles. The van der Waals surface area contributed by atoms with Crippen LogP contribution in [0.3, 0.4) is 0 Å². The maximum atomic E-state index is 13.4. The van der Waals surface area contributed by atoms with Crippen molar-refractivity contribution in [1.29, 1.82) is 5.26 Å². The Morgan fingerprint density at radius 1 is 1.23 bits per heavy atom. The van der Waals surface area contributed by atoms with E-state index in [2.05, 4.69) is 11.3 Å². The van der Waals surface area contributed by atoms with Crippen LogP contribution in [0, 0.1) is 17.3 Å². The normalized spacial score (nSPS) is 16.1. The standard InChI is InChI=1S/C23H23FN6O/c24-18-4-1-3-16(12-18)11-15-6-8-17(9-7-15)21-20(23(27)31)22(26)30(28-21)19-5-2-10-29(13-19)14-25/h1,3-4,6-9,12,19H,2,5,10-11,13,26H2,(H2,27,31)/t19-/m1/s1. The van der Waals surface area contributed by atoms with Crippen molar-refractivity contribution in [3.05, 3.63) is 71.0 Å². The fourth-order valence-corrected chi connectivity index (χ4v) is 4.08. The summed E-state index contributed by atoms with van der Waals surface area (Å²) in [6, 6.07) is 13.9. The molecule has 1 aliphatic heterocycles. The van der Waals surface area contributed by atoms with Crippen molar-refractivity contribution in [2.75, 3.05) is 18.8 Å². The maximum Gasteiger partial charge on any atom is 0.254 e. The molecule has 31 heavy (non-hydrogen) atoms. The van der Waals surface area contributed by atoms with E-state index in [1.807, 2.05) is 30.3 Å². The zero-order chi connectivity index (χ0) is 22.0. The predicted molar refractivity (Wildman–Crippen MR) is 115 cm³/mol. The van der Waals surface area contributed by atoms with Crippen LogP contribution in [-0.2, 0) is 6.42 Å². The first kappa shape index (κ1) is 20.4. The van der Waals surface area contributed by atoms with Gasteiger partial charge in [0.1, 0.15) is 22.9 Å². The van der Waals surface area contributed by atoms with Gasteiger partial charge < -0.3 is 16.4 Å². The molecule has 0 bridgehead atoms. The Morgan fingerprint density at radius 3 is 2.68 bits per heavy atom. The van der Waals surface area contributed by atoms with Gasteiger partial charge in [0.15, 0.2) is 6.19 Å². The molecular formula is C23H23FN6O. The molecule has 1 aliphatic rings. The molecular weight excluding hydrogens is 395 g/mol. The summed E-state index contributed by atoms with van der Waals surface area (Å²) in [5.41, 5.74) is 15.1. The van der Waals surface area contributed by atoms with Gasteiger partial charge in [-0.15, -0.1) is 0 Å². The topological polar surface area (TPSA) is 114 Å². The number of aromatic nitrogens is 2. The smallest absolute Gasteiger partial charge is 0.254 e. The molecule has 7 nitrogen and oxygen atoms in total. The minimum absolute atomic E-state index is 0.104. The van der Waals surface area contributed by atoms with Crippen LogP contribution in [0.15, 0.2) is 48.5 Å². The van der Waals surface area contributed by atoms with Crippen molar-refractivity contribution in [3.63, 3.8) is 0 Å². The first-order chi connectivity index (χ1) is 15.0. The van der Waals surface area contributed by atoms with Crippen LogP contribution in [0.5, 0.6) is 0 Å². The largest absolute Gasteiger partial charge is 0.383 e. The third kappa shape index (κ3) is 4.21. The van der Waals surface area contributed by atoms with Crippen LogP contribution in [0.4, 0.5) is 10.2 Å². The van der Waals surface area contributed by atoms with E-state index in [0.29, 0.717) is 25.2 Å². The summed E-state index contributed by atoms with van der Waals surface area (Å²) in [5.74, 6) is -0.689. The molecule has 2 heterocycles. The summed E-state index contributed by atoms with van der Waals surface area (Å²) in [4.78, 5) is 13.8. The zero-order valence-electron chi connectivity index (χ0n) is 17.0. The van der Waals surface area contributed by atoms with Crippen LogP contribution in [0.1, 0.15) is 40.4 Å². The van der Waals surface area contributed by atoms with Crippen molar-refractivity contribution < 1.29 is 9.18 Å². The Kier molecular flexibility index (Phi) is 5.58. The van der Waals surface area contributed by atoms with Gasteiger partial charge in [0.2, 0.25) is 0 Å². The molecule has 4 rings (SSSR count). The predicted octanol–water partition coefficient (Wildman–Crippen LogP) is 3.08. The lowest BCUT2D eigenvalue weighted by Crippen LogP contribution is -2.34. The fourth-order valence-electron chi connectivity index (χ4n) is 4.08. The summed E-state index contributed by atoms with van der Waals surface area (Å²) < 4.78 is 15.1. The van der Waals surface area contributed by atoms with E-state index in [1.165, 1.54) is 12.1 Å². The highest BCUT2D eigenvalue weighted by atomic mass is 19.1. The van der Waals surface area contributed by atoms with Crippen molar-refractivity contribution >= 4 is 11.7 Å². The van der Waals surface area contributed by atoms with E-state index >= 15 is 0 Å². The molecule has 8 heteroatoms. The van der Waals surface area contributed by atoms with Gasteiger partial charge in [-0.3, -0.25) is 4.79 Å². The average Bonchev–Trinajstić information content (AvgIpc) is 3.12. The summed E-state index contributed by atoms with van der Waals surface area (Å²) in [5, 5.41) is 13.8. The Morgan fingerprint density at radius 2 is 2.00 bits per heavy atom. The molecule has 0 radical (unpaired) electrons. The minimum Gasteiger partial charge on any atom is -0.383 e. The van der Waals surface area contributed by atoms with Gasteiger partial charge in [-0.05, 0) is 42.5 Å². The van der Waals surface area contributed by atoms with Gasteiger partial charge >= 0.3 is 0 Å². The number of nitrogens with two attached hydrogens (primary N) is 2. The number of nitrogens with zero attached hydrogens (tertiary/aromatic N) is 4. The summed E-state index contributed by atoms with van der Waals surface area (Å²) in [7, 11) is 0. The first-order valence-corrected chi connectivity index (χ1v) is 10.1. The van der Waals surface area contributed by atoms with Gasteiger partial charge in [-0.25, -0.2) is 9.07 Å². The van der Waals surface area contributed by atoms with Crippen LogP contribution < -0.4 is 11.5 Å². The average molecular weight is 418 g/mol. The Hall–Kier alpha value is -3.86. The Bertz CT molecular complexity index is 1150. The first-order valence-electron chi connectivity index (χ1n) is 10.1. The molecule has 3 aromatic rings. The number of carbonyl (C=O) groups is 1. The number of benzene rings is 2. The number of hydrogen-bond donors (Lipinski definition) is 2. The quantitative estimate of drug-likeness (QED) is 0.618. The van der Waals surface area contributed by atoms with Gasteiger partial charge in [0, 0.05) is 12.1 Å². The van der Waals surface area contributed by atoms with Gasteiger partial charge in [0.05, 0.1) is 12.6 Å². The summed E-state index contributed by atoms with van der Waals surface area (Å²) >= 11 is 0. The second-order valence-electron chi connectivity index (χ2n) is 7.76. The Labute approximate surface area is 179 Å². The number of carbonyl (C=O) groups excluding carboxylic acids is 1. The van der Waals surface area contributed by atoms with Crippen molar-refractivity contribution in [2.45, 2.75) is 25.3 Å². The van der Waals surface area contributed by atoms with Crippen LogP contribution >= 0.6 is 0 Å². The molecule has 1 saturated heterocycles. The molecule has 0 spiro atoms. The molecule has 0 aliphatic carbocycles. The lowest BCUT2D eigenvalue weighted by atomic mass is 10.0. The molecule has 1 aromatic heterocycles. The van der Waals surface area contributed by atoms with Gasteiger partial charge in [-0.2, -0.15) is 10.4 Å². The van der Waals surface area contributed by atoms with Crippen LogP contribution in [0.25, 0.3) is 11.3 Å². The fraction of sp³-hybridized carbons (Fsp3) is 0.261. The third-order valence-electron chi connectivity index (χ3n) is 5.60. The number of hydrogen-bond acceptors (Lipinski definition) is 5. The van der Waals surface area contributed by atoms with E-state index in [-0.39, 0.29) is 23.2 Å². The minimum atomic E-state index is -0.643. The summed E-state index contributed by atoms with van der Waals surface area (Å²) in [6.07, 6.45) is 4.41. The molecule has 1 atom stereocenters. The van der Waals surface area contributed by atoms with Crippen LogP contribution in [0.2, 0.25) is 0 Å². The lowest BCUT2D eigenvalue weighted by molar-refractivity contribution is 0.100. The third-order valence-corrected chi connectivity index (χ3v) is 5.60. The van der Waals surface area contributed by atoms with E-state index in [0.717, 1.165) is 29.5 Å². The van der Waals surface area contributed by atoms with E-state index in [4.69, 9.17) is 11.5 Å². The second-order valence-corrected chi connectivity index (χ2v) is 7.76.